The lowest BCUT2D eigenvalue weighted by Gasteiger charge is -2.50. The predicted molar refractivity (Wildman–Crippen MR) is 140 cm³/mol. The number of hydrogen-bond donors (Lipinski definition) is 3. The molecule has 1 aromatic carbocycles. The van der Waals surface area contributed by atoms with Crippen molar-refractivity contribution in [1.82, 2.24) is 15.5 Å². The first-order valence-corrected chi connectivity index (χ1v) is 14.1. The molecule has 1 saturated heterocycles. The second-order valence-electron chi connectivity index (χ2n) is 8.25. The van der Waals surface area contributed by atoms with Gasteiger partial charge in [0.1, 0.15) is 17.0 Å². The molecule has 2 aliphatic heterocycles. The van der Waals surface area contributed by atoms with Crippen LogP contribution in [0.15, 0.2) is 69.4 Å². The summed E-state index contributed by atoms with van der Waals surface area (Å²) in [5.74, 6) is -2.10. The van der Waals surface area contributed by atoms with Crippen molar-refractivity contribution in [3.05, 3.63) is 70.1 Å². The molecule has 194 valence electrons. The van der Waals surface area contributed by atoms with Crippen molar-refractivity contribution >= 4 is 63.1 Å². The van der Waals surface area contributed by atoms with Gasteiger partial charge in [-0.05, 0) is 24.3 Å². The number of β-lactam (4-membered cyclic amide) rings is 1. The third kappa shape index (κ3) is 6.35. The number of hydrogen-bond acceptors (Lipinski definition) is 8. The minimum absolute atomic E-state index is 0.123. The van der Waals surface area contributed by atoms with E-state index in [0.29, 0.717) is 30.0 Å². The van der Waals surface area contributed by atoms with Crippen molar-refractivity contribution in [3.8, 4) is 0 Å². The lowest BCUT2D eigenvalue weighted by molar-refractivity contribution is -0.689. The van der Waals surface area contributed by atoms with E-state index in [1.165, 1.54) is 28.4 Å². The number of aliphatic carboxylic acids is 1. The van der Waals surface area contributed by atoms with Crippen LogP contribution < -0.4 is 26.0 Å². The smallest absolute Gasteiger partial charge is 0.257 e. The third-order valence-corrected chi connectivity index (χ3v) is 8.47. The quantitative estimate of drug-likeness (QED) is 0.188. The van der Waals surface area contributed by atoms with Crippen molar-refractivity contribution in [2.45, 2.75) is 22.9 Å². The molecular formula is C24H24BrN5O5S2. The maximum atomic E-state index is 12.9. The fraction of sp³-hybridized carbons (Fsp3) is 0.292. The fourth-order valence-electron chi connectivity index (χ4n) is 3.98. The Morgan fingerprint density at radius 1 is 1.27 bits per heavy atom. The number of nitrogens with one attached hydrogen (secondary N) is 2. The molecule has 2 aliphatic rings. The Labute approximate surface area is 230 Å². The van der Waals surface area contributed by atoms with Crippen LogP contribution in [0, 0.1) is 0 Å². The molecule has 4 N–H and O–H groups in total. The van der Waals surface area contributed by atoms with E-state index in [-0.39, 0.29) is 29.8 Å². The Hall–Kier alpha value is -2.87. The number of halogens is 1. The molecule has 0 bridgehead atoms. The summed E-state index contributed by atoms with van der Waals surface area (Å²) in [6.07, 6.45) is 3.31. The molecular weight excluding hydrogens is 582 g/mol. The topological polar surface area (TPSA) is 149 Å². The molecule has 4 rings (SSSR count). The molecule has 0 saturated carbocycles. The van der Waals surface area contributed by atoms with Crippen LogP contribution in [0.25, 0.3) is 0 Å². The zero-order valence-corrected chi connectivity index (χ0v) is 22.7. The van der Waals surface area contributed by atoms with Crippen molar-refractivity contribution in [2.75, 3.05) is 24.6 Å². The van der Waals surface area contributed by atoms with Gasteiger partial charge in [0.05, 0.1) is 17.4 Å². The predicted octanol–water partition coefficient (Wildman–Crippen LogP) is -0.379. The Balaban J connectivity index is 1.42. The normalized spacial score (nSPS) is 18.6. The SMILES string of the molecule is NCCNC(=O)c1ccc[n+](CC2=C(C(=O)[O-])N3C(=O)[C@@H](NC(=O)CSc4cccc(Br)c4)[C@H]3SC2)c1. The zero-order chi connectivity index (χ0) is 26.5. The Morgan fingerprint density at radius 3 is 2.81 bits per heavy atom. The number of carboxylic acids is 1. The van der Waals surface area contributed by atoms with Gasteiger partial charge in [-0.15, -0.1) is 23.5 Å². The minimum Gasteiger partial charge on any atom is -0.543 e. The zero-order valence-electron chi connectivity index (χ0n) is 19.5. The Morgan fingerprint density at radius 2 is 2.08 bits per heavy atom. The Bertz CT molecular complexity index is 1270. The molecule has 0 radical (unpaired) electrons. The summed E-state index contributed by atoms with van der Waals surface area (Å²) in [7, 11) is 0. The largest absolute Gasteiger partial charge is 0.543 e. The van der Waals surface area contributed by atoms with Gasteiger partial charge in [0.25, 0.3) is 11.8 Å². The molecule has 0 unspecified atom stereocenters. The number of nitrogens with two attached hydrogens (primary N) is 1. The molecule has 3 amide bonds. The van der Waals surface area contributed by atoms with Crippen molar-refractivity contribution < 1.29 is 28.9 Å². The lowest BCUT2D eigenvalue weighted by Crippen LogP contribution is -2.71. The van der Waals surface area contributed by atoms with Crippen LogP contribution in [0.2, 0.25) is 0 Å². The number of carbonyl (C=O) groups excluding carboxylic acids is 4. The van der Waals surface area contributed by atoms with Gasteiger partial charge in [0.2, 0.25) is 5.91 Å². The van der Waals surface area contributed by atoms with E-state index in [1.54, 1.807) is 29.1 Å². The highest BCUT2D eigenvalue weighted by Gasteiger charge is 2.53. The molecule has 3 heterocycles. The van der Waals surface area contributed by atoms with E-state index in [9.17, 15) is 24.3 Å². The number of rotatable bonds is 10. The minimum atomic E-state index is -1.46. The van der Waals surface area contributed by atoms with Crippen LogP contribution in [-0.4, -0.2) is 64.6 Å². The summed E-state index contributed by atoms with van der Waals surface area (Å²) in [5.41, 5.74) is 6.12. The van der Waals surface area contributed by atoms with Crippen LogP contribution in [0.5, 0.6) is 0 Å². The fourth-order valence-corrected chi connectivity index (χ4v) is 6.63. The molecule has 13 heteroatoms. The number of nitrogens with zero attached hydrogens (tertiary/aromatic N) is 2. The van der Waals surface area contributed by atoms with E-state index >= 15 is 0 Å². The summed E-state index contributed by atoms with van der Waals surface area (Å²) >= 11 is 6.10. The number of carboxylic acid groups (broad SMARTS) is 1. The number of fused-ring (bicyclic) bond motifs is 1. The van der Waals surface area contributed by atoms with E-state index in [0.717, 1.165) is 9.37 Å². The summed E-state index contributed by atoms with van der Waals surface area (Å²) in [6, 6.07) is 10.0. The molecule has 2 atom stereocenters. The third-order valence-electron chi connectivity index (χ3n) is 5.65. The van der Waals surface area contributed by atoms with E-state index in [1.807, 2.05) is 24.3 Å². The second-order valence-corrected chi connectivity index (χ2v) is 11.3. The first-order valence-electron chi connectivity index (χ1n) is 11.3. The van der Waals surface area contributed by atoms with Crippen LogP contribution in [0.4, 0.5) is 0 Å². The average Bonchev–Trinajstić information content (AvgIpc) is 2.89. The summed E-state index contributed by atoms with van der Waals surface area (Å²) in [6.45, 7) is 0.808. The highest BCUT2D eigenvalue weighted by molar-refractivity contribution is 9.10. The van der Waals surface area contributed by atoms with Gasteiger partial charge in [-0.3, -0.25) is 19.3 Å². The number of aromatic nitrogens is 1. The molecule has 10 nitrogen and oxygen atoms in total. The van der Waals surface area contributed by atoms with Gasteiger partial charge in [-0.25, -0.2) is 4.57 Å². The van der Waals surface area contributed by atoms with Gasteiger partial charge in [0.15, 0.2) is 18.9 Å². The molecule has 0 aliphatic carbocycles. The average molecular weight is 607 g/mol. The van der Waals surface area contributed by atoms with Gasteiger partial charge >= 0.3 is 0 Å². The number of amides is 3. The molecule has 1 aromatic heterocycles. The van der Waals surface area contributed by atoms with Crippen molar-refractivity contribution in [1.29, 1.82) is 0 Å². The maximum absolute atomic E-state index is 12.9. The lowest BCUT2D eigenvalue weighted by atomic mass is 10.0. The summed E-state index contributed by atoms with van der Waals surface area (Å²) in [4.78, 5) is 51.8. The molecule has 37 heavy (non-hydrogen) atoms. The van der Waals surface area contributed by atoms with E-state index in [4.69, 9.17) is 5.73 Å². The highest BCUT2D eigenvalue weighted by Crippen LogP contribution is 2.40. The van der Waals surface area contributed by atoms with Crippen molar-refractivity contribution in [3.63, 3.8) is 0 Å². The van der Waals surface area contributed by atoms with E-state index < -0.39 is 23.3 Å². The summed E-state index contributed by atoms with van der Waals surface area (Å²) < 4.78 is 2.58. The molecule has 1 fully saturated rings. The number of thioether (sulfide) groups is 2. The maximum Gasteiger partial charge on any atom is 0.257 e. The van der Waals surface area contributed by atoms with Gasteiger partial charge in [-0.1, -0.05) is 22.0 Å². The first-order chi connectivity index (χ1) is 17.8. The summed E-state index contributed by atoms with van der Waals surface area (Å²) in [5, 5.41) is 16.9. The van der Waals surface area contributed by atoms with Crippen LogP contribution in [-0.2, 0) is 20.9 Å². The number of carbonyl (C=O) groups is 4. The van der Waals surface area contributed by atoms with Crippen LogP contribution in [0.3, 0.4) is 0 Å². The first kappa shape index (κ1) is 27.2. The van der Waals surface area contributed by atoms with E-state index in [2.05, 4.69) is 26.6 Å². The van der Waals surface area contributed by atoms with Crippen LogP contribution >= 0.6 is 39.5 Å². The number of pyridine rings is 1. The van der Waals surface area contributed by atoms with Crippen molar-refractivity contribution in [2.24, 2.45) is 5.73 Å². The Kier molecular flexibility index (Phi) is 8.90. The monoisotopic (exact) mass is 605 g/mol. The standard InChI is InChI=1S/C24H24BrN5O5S2/c25-16-4-1-5-17(9-16)36-13-18(31)28-19-22(33)30-20(24(34)35)15(12-37-23(19)30)11-29-8-2-3-14(10-29)21(32)27-7-6-26/h1-5,8-10,19,23H,6-7,11-13,26H2,(H2-,27,28,31,32,34,35)/t19-,23-/m1/s1. The highest BCUT2D eigenvalue weighted by atomic mass is 79.9. The van der Waals surface area contributed by atoms with Gasteiger partial charge in [-0.2, -0.15) is 0 Å². The van der Waals surface area contributed by atoms with Crippen LogP contribution in [0.1, 0.15) is 10.4 Å². The number of benzene rings is 1. The van der Waals surface area contributed by atoms with Gasteiger partial charge < -0.3 is 26.3 Å². The molecule has 2 aromatic rings. The molecule has 0 spiro atoms. The van der Waals surface area contributed by atoms with Gasteiger partial charge in [0, 0.05) is 39.9 Å². The second kappa shape index (κ2) is 12.1.